The molecule has 0 bridgehead atoms. The van der Waals surface area contributed by atoms with Gasteiger partial charge in [-0.3, -0.25) is 14.4 Å². The molecule has 9 heteroatoms. The highest BCUT2D eigenvalue weighted by Crippen LogP contribution is 2.36. The number of carbonyl (C=O) groups is 3. The van der Waals surface area contributed by atoms with Crippen LogP contribution < -0.4 is 25.4 Å². The van der Waals surface area contributed by atoms with Gasteiger partial charge in [-0.2, -0.15) is 0 Å². The van der Waals surface area contributed by atoms with Crippen LogP contribution >= 0.6 is 0 Å². The van der Waals surface area contributed by atoms with Crippen LogP contribution in [-0.4, -0.2) is 69.1 Å². The van der Waals surface area contributed by atoms with Crippen molar-refractivity contribution in [1.82, 2.24) is 10.2 Å². The standard InChI is InChI=1S/C24H28N4O5/c1-25-13-22(29)26-15-8-9-28-20(11-15)23(30)27-19-7-4-14(10-18(19)24(28)31)17-6-5-16(32-2)12-21(17)33-3/h4-7,10,12,15,20,25H,8-9,11,13H2,1-3H3,(H,26,29)(H,27,30)/p+1/t15-,20-/m0/s1. The van der Waals surface area contributed by atoms with Crippen LogP contribution in [-0.2, 0) is 9.59 Å². The molecule has 4 rings (SSSR count). The Morgan fingerprint density at radius 1 is 1.15 bits per heavy atom. The fraction of sp³-hybridized carbons (Fsp3) is 0.375. The monoisotopic (exact) mass is 453 g/mol. The van der Waals surface area contributed by atoms with E-state index in [0.29, 0.717) is 48.7 Å². The lowest BCUT2D eigenvalue weighted by Gasteiger charge is -2.37. The smallest absolute Gasteiger partial charge is 0.275 e. The molecule has 2 aliphatic rings. The molecule has 2 heterocycles. The van der Waals surface area contributed by atoms with Crippen molar-refractivity contribution in [3.8, 4) is 22.6 Å². The quantitative estimate of drug-likeness (QED) is 0.593. The lowest BCUT2D eigenvalue weighted by molar-refractivity contribution is -0.615. The zero-order valence-electron chi connectivity index (χ0n) is 19.0. The van der Waals surface area contributed by atoms with Crippen molar-refractivity contribution < 1.29 is 29.2 Å². The zero-order chi connectivity index (χ0) is 23.5. The maximum atomic E-state index is 13.5. The predicted molar refractivity (Wildman–Crippen MR) is 122 cm³/mol. The van der Waals surface area contributed by atoms with Crippen LogP contribution in [0.2, 0.25) is 0 Å². The van der Waals surface area contributed by atoms with E-state index >= 15 is 0 Å². The molecule has 1 saturated heterocycles. The van der Waals surface area contributed by atoms with Crippen LogP contribution in [0.3, 0.4) is 0 Å². The Hall–Kier alpha value is -3.59. The van der Waals surface area contributed by atoms with E-state index in [2.05, 4.69) is 10.6 Å². The van der Waals surface area contributed by atoms with Crippen LogP contribution in [0.15, 0.2) is 36.4 Å². The number of methoxy groups -OCH3 is 2. The van der Waals surface area contributed by atoms with Gasteiger partial charge in [0.1, 0.15) is 17.5 Å². The summed E-state index contributed by atoms with van der Waals surface area (Å²) in [4.78, 5) is 40.1. The molecular weight excluding hydrogens is 424 g/mol. The maximum Gasteiger partial charge on any atom is 0.275 e. The summed E-state index contributed by atoms with van der Waals surface area (Å²) in [5, 5.41) is 7.67. The van der Waals surface area contributed by atoms with E-state index in [1.54, 1.807) is 42.6 Å². The SMILES string of the molecule is C[NH2+]CC(=O)N[C@H]1CCN2C(=O)c3cc(-c4ccc(OC)cc4OC)ccc3NC(=O)[C@@H]2C1. The van der Waals surface area contributed by atoms with E-state index in [1.165, 1.54) is 0 Å². The molecule has 9 nitrogen and oxygen atoms in total. The number of fused-ring (bicyclic) bond motifs is 2. The van der Waals surface area contributed by atoms with Gasteiger partial charge in [0.25, 0.3) is 11.8 Å². The van der Waals surface area contributed by atoms with Gasteiger partial charge >= 0.3 is 0 Å². The van der Waals surface area contributed by atoms with Crippen molar-refractivity contribution in [3.05, 3.63) is 42.0 Å². The molecule has 174 valence electrons. The molecule has 0 aliphatic carbocycles. The highest BCUT2D eigenvalue weighted by atomic mass is 16.5. The van der Waals surface area contributed by atoms with Crippen molar-refractivity contribution in [2.75, 3.05) is 39.7 Å². The summed E-state index contributed by atoms with van der Waals surface area (Å²) in [6.07, 6.45) is 0.993. The minimum Gasteiger partial charge on any atom is -0.497 e. The van der Waals surface area contributed by atoms with E-state index < -0.39 is 6.04 Å². The minimum absolute atomic E-state index is 0.0716. The van der Waals surface area contributed by atoms with E-state index in [0.717, 1.165) is 11.1 Å². The summed E-state index contributed by atoms with van der Waals surface area (Å²) >= 11 is 0. The number of hydrogen-bond donors (Lipinski definition) is 3. The van der Waals surface area contributed by atoms with E-state index in [-0.39, 0.29) is 23.8 Å². The van der Waals surface area contributed by atoms with Gasteiger partial charge in [0.05, 0.1) is 32.5 Å². The third kappa shape index (κ3) is 4.49. The van der Waals surface area contributed by atoms with Crippen LogP contribution in [0.4, 0.5) is 5.69 Å². The molecule has 0 radical (unpaired) electrons. The number of rotatable bonds is 6. The molecule has 1 fully saturated rings. The molecule has 2 aromatic rings. The number of benzene rings is 2. The molecular formula is C24H29N4O5+. The van der Waals surface area contributed by atoms with Crippen LogP contribution in [0.1, 0.15) is 23.2 Å². The van der Waals surface area contributed by atoms with Gasteiger partial charge in [-0.05, 0) is 42.7 Å². The van der Waals surface area contributed by atoms with E-state index in [4.69, 9.17) is 9.47 Å². The van der Waals surface area contributed by atoms with Crippen molar-refractivity contribution in [1.29, 1.82) is 0 Å². The second-order valence-corrected chi connectivity index (χ2v) is 8.23. The summed E-state index contributed by atoms with van der Waals surface area (Å²) in [6, 6.07) is 10.1. The van der Waals surface area contributed by atoms with Crippen molar-refractivity contribution in [2.45, 2.75) is 24.9 Å². The Balaban J connectivity index is 1.62. The topological polar surface area (TPSA) is 114 Å². The van der Waals surface area contributed by atoms with Gasteiger partial charge in [-0.15, -0.1) is 0 Å². The van der Waals surface area contributed by atoms with Crippen LogP contribution in [0, 0.1) is 0 Å². The third-order valence-corrected chi connectivity index (χ3v) is 6.15. The average molecular weight is 454 g/mol. The fourth-order valence-corrected chi connectivity index (χ4v) is 4.47. The minimum atomic E-state index is -0.631. The normalized spacial score (nSPS) is 19.7. The molecule has 33 heavy (non-hydrogen) atoms. The first-order chi connectivity index (χ1) is 15.9. The first-order valence-corrected chi connectivity index (χ1v) is 11.0. The Labute approximate surface area is 192 Å². The molecule has 0 unspecified atom stereocenters. The summed E-state index contributed by atoms with van der Waals surface area (Å²) in [5.41, 5.74) is 2.53. The number of nitrogens with two attached hydrogens (primary N) is 1. The van der Waals surface area contributed by atoms with Gasteiger partial charge in [0, 0.05) is 24.2 Å². The number of likely N-dealkylation sites (N-methyl/N-ethyl adjacent to an activating group) is 1. The molecule has 2 aromatic carbocycles. The number of carbonyl (C=O) groups excluding carboxylic acids is 3. The molecule has 4 N–H and O–H groups in total. The number of nitrogens with zero attached hydrogens (tertiary/aromatic N) is 1. The van der Waals surface area contributed by atoms with Gasteiger partial charge < -0.3 is 30.3 Å². The number of anilines is 1. The average Bonchev–Trinajstić information content (AvgIpc) is 2.92. The number of amides is 3. The molecule has 2 aliphatic heterocycles. The number of piperidine rings is 1. The van der Waals surface area contributed by atoms with Gasteiger partial charge in [-0.1, -0.05) is 6.07 Å². The number of nitrogens with one attached hydrogen (secondary N) is 2. The van der Waals surface area contributed by atoms with E-state index in [1.807, 2.05) is 25.2 Å². The number of ether oxygens (including phenoxy) is 2. The van der Waals surface area contributed by atoms with Gasteiger partial charge in [-0.25, -0.2) is 0 Å². The predicted octanol–water partition coefficient (Wildman–Crippen LogP) is 0.606. The van der Waals surface area contributed by atoms with E-state index in [9.17, 15) is 14.4 Å². The Morgan fingerprint density at radius 2 is 1.97 bits per heavy atom. The van der Waals surface area contributed by atoms with Crippen molar-refractivity contribution in [2.24, 2.45) is 0 Å². The highest BCUT2D eigenvalue weighted by Gasteiger charge is 2.40. The Morgan fingerprint density at radius 3 is 2.70 bits per heavy atom. The number of quaternary nitrogens is 1. The first-order valence-electron chi connectivity index (χ1n) is 11.0. The Bertz CT molecular complexity index is 1090. The first kappa shape index (κ1) is 22.6. The fourth-order valence-electron chi connectivity index (χ4n) is 4.47. The third-order valence-electron chi connectivity index (χ3n) is 6.15. The highest BCUT2D eigenvalue weighted by molar-refractivity contribution is 6.10. The second kappa shape index (κ2) is 9.50. The molecule has 0 saturated carbocycles. The zero-order valence-corrected chi connectivity index (χ0v) is 19.0. The Kier molecular flexibility index (Phi) is 6.50. The summed E-state index contributed by atoms with van der Waals surface area (Å²) in [5.74, 6) is 0.784. The van der Waals surface area contributed by atoms with Crippen LogP contribution in [0.25, 0.3) is 11.1 Å². The second-order valence-electron chi connectivity index (χ2n) is 8.23. The van der Waals surface area contributed by atoms with Crippen molar-refractivity contribution in [3.63, 3.8) is 0 Å². The lowest BCUT2D eigenvalue weighted by atomic mass is 9.95. The molecule has 0 spiro atoms. The van der Waals surface area contributed by atoms with Crippen molar-refractivity contribution >= 4 is 23.4 Å². The van der Waals surface area contributed by atoms with Gasteiger partial charge in [0.2, 0.25) is 5.91 Å². The lowest BCUT2D eigenvalue weighted by Crippen LogP contribution is -2.82. The molecule has 0 aromatic heterocycles. The van der Waals surface area contributed by atoms with Crippen LogP contribution in [0.5, 0.6) is 11.5 Å². The summed E-state index contributed by atoms with van der Waals surface area (Å²) in [7, 11) is 5.00. The van der Waals surface area contributed by atoms with Gasteiger partial charge in [0.15, 0.2) is 6.54 Å². The molecule has 2 atom stereocenters. The summed E-state index contributed by atoms with van der Waals surface area (Å²) in [6.45, 7) is 0.728. The number of hydrogen-bond acceptors (Lipinski definition) is 5. The summed E-state index contributed by atoms with van der Waals surface area (Å²) < 4.78 is 10.8. The largest absolute Gasteiger partial charge is 0.497 e. The molecule has 3 amide bonds. The maximum absolute atomic E-state index is 13.5.